The molecule has 2 rings (SSSR count). The average molecular weight is 121 g/mol. The van der Waals surface area contributed by atoms with Gasteiger partial charge in [-0.15, -0.1) is 0 Å². The summed E-state index contributed by atoms with van der Waals surface area (Å²) in [6.45, 7) is 0. The van der Waals surface area contributed by atoms with Crippen molar-refractivity contribution < 1.29 is 0 Å². The van der Waals surface area contributed by atoms with Crippen LogP contribution in [0, 0.1) is 0 Å². The fourth-order valence-corrected chi connectivity index (χ4v) is 1.01. The summed E-state index contributed by atoms with van der Waals surface area (Å²) in [6, 6.07) is 0.0301. The number of H-pyrrole nitrogens is 1. The quantitative estimate of drug-likeness (QED) is 0.523. The highest BCUT2D eigenvalue weighted by molar-refractivity contribution is 5.58. The highest BCUT2D eigenvalue weighted by Crippen LogP contribution is 2.22. The molecule has 46 valence electrons. The summed E-state index contributed by atoms with van der Waals surface area (Å²) in [4.78, 5) is 0. The standard InChI is InChI=1S/C6H7N3/c7-5-2-1-4-3-8-9-6(4)5/h1-3,5H,7H2,(H,8,9). The number of aromatic amines is 1. The van der Waals surface area contributed by atoms with E-state index in [0.29, 0.717) is 0 Å². The van der Waals surface area contributed by atoms with Gasteiger partial charge in [0.25, 0.3) is 0 Å². The van der Waals surface area contributed by atoms with Crippen LogP contribution >= 0.6 is 0 Å². The smallest absolute Gasteiger partial charge is 0.0659 e. The lowest BCUT2D eigenvalue weighted by Crippen LogP contribution is -2.04. The molecule has 0 saturated heterocycles. The van der Waals surface area contributed by atoms with Crippen LogP contribution in [-0.2, 0) is 0 Å². The molecule has 3 nitrogen and oxygen atoms in total. The zero-order chi connectivity index (χ0) is 6.27. The van der Waals surface area contributed by atoms with Gasteiger partial charge in [-0.2, -0.15) is 5.10 Å². The Hall–Kier alpha value is -1.09. The van der Waals surface area contributed by atoms with E-state index < -0.39 is 0 Å². The molecule has 1 aliphatic carbocycles. The number of fused-ring (bicyclic) bond motifs is 1. The van der Waals surface area contributed by atoms with Crippen molar-refractivity contribution in [1.82, 2.24) is 10.2 Å². The van der Waals surface area contributed by atoms with Crippen molar-refractivity contribution >= 4 is 6.08 Å². The fourth-order valence-electron chi connectivity index (χ4n) is 1.01. The molecular weight excluding hydrogens is 114 g/mol. The normalized spacial score (nSPS) is 22.6. The van der Waals surface area contributed by atoms with Gasteiger partial charge in [-0.3, -0.25) is 5.10 Å². The van der Waals surface area contributed by atoms with E-state index in [1.165, 1.54) is 0 Å². The minimum absolute atomic E-state index is 0.0301. The maximum absolute atomic E-state index is 5.63. The Balaban J connectivity index is 2.60. The molecule has 0 fully saturated rings. The van der Waals surface area contributed by atoms with Crippen LogP contribution in [0.1, 0.15) is 17.3 Å². The molecule has 3 heteroatoms. The van der Waals surface area contributed by atoms with E-state index in [0.717, 1.165) is 11.3 Å². The Morgan fingerprint density at radius 1 is 1.67 bits per heavy atom. The maximum atomic E-state index is 5.63. The lowest BCUT2D eigenvalue weighted by atomic mass is 10.2. The Labute approximate surface area is 52.6 Å². The largest absolute Gasteiger partial charge is 0.319 e. The zero-order valence-corrected chi connectivity index (χ0v) is 4.83. The number of nitrogens with one attached hydrogen (secondary N) is 1. The molecule has 1 aromatic heterocycles. The van der Waals surface area contributed by atoms with Crippen LogP contribution in [0.5, 0.6) is 0 Å². The molecule has 0 bridgehead atoms. The SMILES string of the molecule is NC1C=Cc2cn[nH]c21. The average Bonchev–Trinajstić information content (AvgIpc) is 2.35. The third-order valence-electron chi connectivity index (χ3n) is 1.52. The number of nitrogens with zero attached hydrogens (tertiary/aromatic N) is 1. The monoisotopic (exact) mass is 121 g/mol. The van der Waals surface area contributed by atoms with Crippen molar-refractivity contribution in [2.24, 2.45) is 5.73 Å². The second-order valence-corrected chi connectivity index (χ2v) is 2.12. The maximum Gasteiger partial charge on any atom is 0.0659 e. The van der Waals surface area contributed by atoms with Gasteiger partial charge in [0.2, 0.25) is 0 Å². The van der Waals surface area contributed by atoms with Gasteiger partial charge in [0.1, 0.15) is 0 Å². The zero-order valence-electron chi connectivity index (χ0n) is 4.83. The molecule has 1 unspecified atom stereocenters. The Morgan fingerprint density at radius 3 is 3.33 bits per heavy atom. The molecule has 1 heterocycles. The molecule has 3 N–H and O–H groups in total. The first kappa shape index (κ1) is 4.76. The van der Waals surface area contributed by atoms with E-state index in [-0.39, 0.29) is 6.04 Å². The van der Waals surface area contributed by atoms with Crippen molar-refractivity contribution in [2.75, 3.05) is 0 Å². The summed E-state index contributed by atoms with van der Waals surface area (Å²) in [5.74, 6) is 0. The number of hydrogen-bond donors (Lipinski definition) is 2. The van der Waals surface area contributed by atoms with Gasteiger partial charge >= 0.3 is 0 Å². The highest BCUT2D eigenvalue weighted by atomic mass is 15.1. The lowest BCUT2D eigenvalue weighted by molar-refractivity contribution is 0.858. The van der Waals surface area contributed by atoms with Crippen molar-refractivity contribution in [2.45, 2.75) is 6.04 Å². The van der Waals surface area contributed by atoms with E-state index in [1.807, 2.05) is 12.2 Å². The molecule has 1 atom stereocenters. The van der Waals surface area contributed by atoms with E-state index in [1.54, 1.807) is 6.20 Å². The van der Waals surface area contributed by atoms with Crippen LogP contribution in [0.3, 0.4) is 0 Å². The first-order valence-corrected chi connectivity index (χ1v) is 2.85. The molecule has 0 aromatic carbocycles. The van der Waals surface area contributed by atoms with E-state index in [4.69, 9.17) is 5.73 Å². The number of nitrogens with two attached hydrogens (primary N) is 1. The molecule has 0 saturated carbocycles. The predicted molar refractivity (Wildman–Crippen MR) is 34.6 cm³/mol. The second-order valence-electron chi connectivity index (χ2n) is 2.12. The Morgan fingerprint density at radius 2 is 2.56 bits per heavy atom. The van der Waals surface area contributed by atoms with Crippen molar-refractivity contribution in [1.29, 1.82) is 0 Å². The Kier molecular flexibility index (Phi) is 0.765. The minimum Gasteiger partial charge on any atom is -0.319 e. The Bertz CT molecular complexity index is 249. The van der Waals surface area contributed by atoms with E-state index in [2.05, 4.69) is 10.2 Å². The third-order valence-corrected chi connectivity index (χ3v) is 1.52. The van der Waals surface area contributed by atoms with Crippen LogP contribution in [0.15, 0.2) is 12.3 Å². The van der Waals surface area contributed by atoms with Crippen LogP contribution in [0.2, 0.25) is 0 Å². The first-order chi connectivity index (χ1) is 4.38. The molecule has 0 aliphatic heterocycles. The van der Waals surface area contributed by atoms with Crippen LogP contribution in [0.25, 0.3) is 6.08 Å². The summed E-state index contributed by atoms with van der Waals surface area (Å²) in [6.07, 6.45) is 5.70. The molecule has 1 aromatic rings. The second kappa shape index (κ2) is 1.45. The molecule has 0 spiro atoms. The number of hydrogen-bond acceptors (Lipinski definition) is 2. The highest BCUT2D eigenvalue weighted by Gasteiger charge is 2.13. The first-order valence-electron chi connectivity index (χ1n) is 2.85. The van der Waals surface area contributed by atoms with Gasteiger partial charge in [0, 0.05) is 5.56 Å². The van der Waals surface area contributed by atoms with Crippen LogP contribution < -0.4 is 5.73 Å². The predicted octanol–water partition coefficient (Wildman–Crippen LogP) is 0.436. The van der Waals surface area contributed by atoms with Gasteiger partial charge < -0.3 is 5.73 Å². The van der Waals surface area contributed by atoms with Gasteiger partial charge in [0.05, 0.1) is 17.9 Å². The summed E-state index contributed by atoms with van der Waals surface area (Å²) in [5.41, 5.74) is 7.77. The number of rotatable bonds is 0. The molecule has 1 aliphatic rings. The topological polar surface area (TPSA) is 54.7 Å². The lowest BCUT2D eigenvalue weighted by Gasteiger charge is -1.95. The summed E-state index contributed by atoms with van der Waals surface area (Å²) < 4.78 is 0. The van der Waals surface area contributed by atoms with Gasteiger partial charge in [-0.25, -0.2) is 0 Å². The van der Waals surface area contributed by atoms with Gasteiger partial charge in [0.15, 0.2) is 0 Å². The van der Waals surface area contributed by atoms with Crippen molar-refractivity contribution in [3.05, 3.63) is 23.5 Å². The van der Waals surface area contributed by atoms with Crippen molar-refractivity contribution in [3.8, 4) is 0 Å². The molecular formula is C6H7N3. The van der Waals surface area contributed by atoms with Crippen LogP contribution in [0.4, 0.5) is 0 Å². The summed E-state index contributed by atoms with van der Waals surface area (Å²) in [7, 11) is 0. The molecule has 0 radical (unpaired) electrons. The molecule has 0 amide bonds. The summed E-state index contributed by atoms with van der Waals surface area (Å²) in [5, 5.41) is 6.67. The number of aromatic nitrogens is 2. The van der Waals surface area contributed by atoms with Crippen molar-refractivity contribution in [3.63, 3.8) is 0 Å². The van der Waals surface area contributed by atoms with Gasteiger partial charge in [-0.1, -0.05) is 12.2 Å². The van der Waals surface area contributed by atoms with Crippen LogP contribution in [-0.4, -0.2) is 10.2 Å². The summed E-state index contributed by atoms with van der Waals surface area (Å²) >= 11 is 0. The molecule has 9 heavy (non-hydrogen) atoms. The van der Waals surface area contributed by atoms with E-state index in [9.17, 15) is 0 Å². The third kappa shape index (κ3) is 0.519. The van der Waals surface area contributed by atoms with E-state index >= 15 is 0 Å². The fraction of sp³-hybridized carbons (Fsp3) is 0.167. The minimum atomic E-state index is 0.0301. The van der Waals surface area contributed by atoms with Gasteiger partial charge in [-0.05, 0) is 0 Å².